The van der Waals surface area contributed by atoms with Crippen molar-refractivity contribution < 1.29 is 4.74 Å². The van der Waals surface area contributed by atoms with Gasteiger partial charge in [0.15, 0.2) is 0 Å². The van der Waals surface area contributed by atoms with Gasteiger partial charge >= 0.3 is 0 Å². The highest BCUT2D eigenvalue weighted by Crippen LogP contribution is 2.41. The number of hydrogen-bond donors (Lipinski definition) is 2. The Hall–Kier alpha value is -3.32. The largest absolute Gasteiger partial charge is 0.472 e. The summed E-state index contributed by atoms with van der Waals surface area (Å²) in [7, 11) is 0. The van der Waals surface area contributed by atoms with Gasteiger partial charge < -0.3 is 10.1 Å². The number of benzene rings is 1. The molecule has 7 heteroatoms. The van der Waals surface area contributed by atoms with Gasteiger partial charge in [-0.2, -0.15) is 5.10 Å². The van der Waals surface area contributed by atoms with Gasteiger partial charge in [0.2, 0.25) is 5.88 Å². The molecule has 31 heavy (non-hydrogen) atoms. The number of piperidine rings is 1. The van der Waals surface area contributed by atoms with Crippen LogP contribution in [0.1, 0.15) is 37.2 Å². The first-order valence-corrected chi connectivity index (χ1v) is 11.0. The summed E-state index contributed by atoms with van der Waals surface area (Å²) in [6.45, 7) is 1.89. The number of rotatable bonds is 5. The van der Waals surface area contributed by atoms with Crippen LogP contribution in [0.5, 0.6) is 5.88 Å². The fourth-order valence-corrected chi connectivity index (χ4v) is 4.25. The molecular weight excluding hydrogens is 388 g/mol. The zero-order valence-electron chi connectivity index (χ0n) is 17.2. The summed E-state index contributed by atoms with van der Waals surface area (Å²) in [5.41, 5.74) is 5.88. The number of H-pyrrole nitrogens is 1. The molecule has 0 spiro atoms. The molecule has 1 aliphatic carbocycles. The van der Waals surface area contributed by atoms with E-state index in [0.29, 0.717) is 17.5 Å². The molecule has 1 saturated carbocycles. The van der Waals surface area contributed by atoms with E-state index in [1.165, 1.54) is 18.4 Å². The van der Waals surface area contributed by atoms with Crippen LogP contribution in [0.2, 0.25) is 0 Å². The molecule has 7 nitrogen and oxygen atoms in total. The Labute approximate surface area is 180 Å². The molecule has 1 aliphatic heterocycles. The number of nitrogens with one attached hydrogen (secondary N) is 2. The van der Waals surface area contributed by atoms with E-state index in [2.05, 4.69) is 49.7 Å². The van der Waals surface area contributed by atoms with Gasteiger partial charge in [-0.05, 0) is 68.0 Å². The van der Waals surface area contributed by atoms with Gasteiger partial charge in [0.05, 0.1) is 23.6 Å². The van der Waals surface area contributed by atoms with Crippen molar-refractivity contribution in [2.75, 3.05) is 13.1 Å². The van der Waals surface area contributed by atoms with E-state index in [4.69, 9.17) is 9.72 Å². The highest BCUT2D eigenvalue weighted by atomic mass is 16.5. The minimum absolute atomic E-state index is 0.130. The number of aromatic amines is 1. The fraction of sp³-hybridized carbons (Fsp3) is 0.333. The second-order valence-corrected chi connectivity index (χ2v) is 8.41. The average molecular weight is 412 g/mol. The molecule has 1 unspecified atom stereocenters. The van der Waals surface area contributed by atoms with Gasteiger partial charge in [-0.15, -0.1) is 0 Å². The van der Waals surface area contributed by atoms with E-state index in [9.17, 15) is 0 Å². The Kier molecular flexibility index (Phi) is 4.61. The third-order valence-corrected chi connectivity index (χ3v) is 6.09. The molecule has 156 valence electrons. The molecule has 1 atom stereocenters. The van der Waals surface area contributed by atoms with Crippen LogP contribution in [0.3, 0.4) is 0 Å². The quantitative estimate of drug-likeness (QED) is 0.513. The Morgan fingerprint density at radius 2 is 1.97 bits per heavy atom. The summed E-state index contributed by atoms with van der Waals surface area (Å²) in [5, 5.41) is 12.0. The standard InChI is InChI=1S/C24H24N6O/c1-2-18(12-25-8-1)31-23-14-26-13-22(28-23)24-19-10-17(5-6-20(19)29-30-24)21-11-16(7-9-27-21)15-3-4-15/h5-7,9-11,13-15,18,25H,1-4,8,12H2,(H,29,30). The second kappa shape index (κ2) is 7.74. The molecule has 4 heterocycles. The molecule has 0 amide bonds. The normalized spacial score (nSPS) is 18.9. The lowest BCUT2D eigenvalue weighted by Crippen LogP contribution is -2.37. The lowest BCUT2D eigenvalue weighted by atomic mass is 10.0. The summed E-state index contributed by atoms with van der Waals surface area (Å²) >= 11 is 0. The van der Waals surface area contributed by atoms with Crippen molar-refractivity contribution in [1.82, 2.24) is 30.5 Å². The van der Waals surface area contributed by atoms with E-state index in [-0.39, 0.29) is 6.10 Å². The first kappa shape index (κ1) is 18.4. The molecule has 2 aliphatic rings. The van der Waals surface area contributed by atoms with Crippen molar-refractivity contribution in [3.8, 4) is 28.5 Å². The van der Waals surface area contributed by atoms with E-state index < -0.39 is 0 Å². The molecule has 0 bridgehead atoms. The third kappa shape index (κ3) is 3.77. The smallest absolute Gasteiger partial charge is 0.233 e. The van der Waals surface area contributed by atoms with Crippen LogP contribution in [0.15, 0.2) is 48.9 Å². The Balaban J connectivity index is 1.34. The first-order valence-electron chi connectivity index (χ1n) is 11.0. The van der Waals surface area contributed by atoms with Crippen molar-refractivity contribution in [3.05, 3.63) is 54.5 Å². The number of hydrogen-bond acceptors (Lipinski definition) is 6. The zero-order valence-corrected chi connectivity index (χ0v) is 17.2. The van der Waals surface area contributed by atoms with Crippen molar-refractivity contribution in [2.24, 2.45) is 0 Å². The van der Waals surface area contributed by atoms with Crippen molar-refractivity contribution in [3.63, 3.8) is 0 Å². The fourth-order valence-electron chi connectivity index (χ4n) is 4.25. The number of nitrogens with zero attached hydrogens (tertiary/aromatic N) is 4. The van der Waals surface area contributed by atoms with Gasteiger partial charge in [0, 0.05) is 23.7 Å². The monoisotopic (exact) mass is 412 g/mol. The minimum atomic E-state index is 0.130. The summed E-state index contributed by atoms with van der Waals surface area (Å²) in [6.07, 6.45) is 10.2. The van der Waals surface area contributed by atoms with E-state index in [1.54, 1.807) is 12.4 Å². The number of fused-ring (bicyclic) bond motifs is 1. The Bertz CT molecular complexity index is 1230. The van der Waals surface area contributed by atoms with Crippen LogP contribution < -0.4 is 10.1 Å². The zero-order chi connectivity index (χ0) is 20.6. The van der Waals surface area contributed by atoms with Gasteiger partial charge in [0.25, 0.3) is 0 Å². The maximum absolute atomic E-state index is 6.06. The molecule has 2 N–H and O–H groups in total. The summed E-state index contributed by atoms with van der Waals surface area (Å²) in [5.74, 6) is 1.24. The van der Waals surface area contributed by atoms with Gasteiger partial charge in [0.1, 0.15) is 17.5 Å². The van der Waals surface area contributed by atoms with Gasteiger partial charge in [-0.3, -0.25) is 15.1 Å². The SMILES string of the molecule is c1cc(C2CC2)cc(-c2ccc3[nH]nc(-c4cncc(OC5CCCNC5)n4)c3c2)n1. The van der Waals surface area contributed by atoms with E-state index >= 15 is 0 Å². The molecule has 0 radical (unpaired) electrons. The van der Waals surface area contributed by atoms with Crippen molar-refractivity contribution in [2.45, 2.75) is 37.7 Å². The van der Waals surface area contributed by atoms with Gasteiger partial charge in [-0.1, -0.05) is 6.07 Å². The van der Waals surface area contributed by atoms with Crippen LogP contribution in [0.25, 0.3) is 33.5 Å². The molecule has 6 rings (SSSR count). The topological polar surface area (TPSA) is 88.6 Å². The molecular formula is C24H24N6O. The predicted octanol–water partition coefficient (Wildman–Crippen LogP) is 4.09. The number of pyridine rings is 1. The van der Waals surface area contributed by atoms with Crippen molar-refractivity contribution in [1.29, 1.82) is 0 Å². The Morgan fingerprint density at radius 1 is 1.00 bits per heavy atom. The van der Waals surface area contributed by atoms with Gasteiger partial charge in [-0.25, -0.2) is 4.98 Å². The average Bonchev–Trinajstić information content (AvgIpc) is 3.59. The van der Waals surface area contributed by atoms with E-state index in [1.807, 2.05) is 12.3 Å². The summed E-state index contributed by atoms with van der Waals surface area (Å²) in [4.78, 5) is 13.7. The highest BCUT2D eigenvalue weighted by Gasteiger charge is 2.24. The highest BCUT2D eigenvalue weighted by molar-refractivity contribution is 5.94. The number of aromatic nitrogens is 5. The lowest BCUT2D eigenvalue weighted by Gasteiger charge is -2.23. The van der Waals surface area contributed by atoms with Crippen LogP contribution >= 0.6 is 0 Å². The van der Waals surface area contributed by atoms with Crippen LogP contribution in [-0.4, -0.2) is 44.3 Å². The second-order valence-electron chi connectivity index (χ2n) is 8.41. The molecule has 2 fully saturated rings. The summed E-state index contributed by atoms with van der Waals surface area (Å²) in [6, 6.07) is 10.6. The van der Waals surface area contributed by atoms with Crippen LogP contribution in [0.4, 0.5) is 0 Å². The third-order valence-electron chi connectivity index (χ3n) is 6.09. The van der Waals surface area contributed by atoms with Crippen LogP contribution in [0, 0.1) is 0 Å². The maximum Gasteiger partial charge on any atom is 0.233 e. The predicted molar refractivity (Wildman–Crippen MR) is 119 cm³/mol. The Morgan fingerprint density at radius 3 is 2.84 bits per heavy atom. The summed E-state index contributed by atoms with van der Waals surface area (Å²) < 4.78 is 6.06. The molecule has 4 aromatic rings. The lowest BCUT2D eigenvalue weighted by molar-refractivity contribution is 0.160. The first-order chi connectivity index (χ1) is 15.3. The molecule has 1 aromatic carbocycles. The number of ether oxygens (including phenoxy) is 1. The molecule has 1 saturated heterocycles. The van der Waals surface area contributed by atoms with Crippen molar-refractivity contribution >= 4 is 10.9 Å². The minimum Gasteiger partial charge on any atom is -0.472 e. The molecule has 3 aromatic heterocycles. The van der Waals surface area contributed by atoms with E-state index in [0.717, 1.165) is 53.8 Å². The maximum atomic E-state index is 6.06. The van der Waals surface area contributed by atoms with Crippen LogP contribution in [-0.2, 0) is 0 Å².